The molecule has 0 aliphatic carbocycles. The Hall–Kier alpha value is -2.50. The SMILES string of the molecule is CC(C)CN1CCC(c2cnc3c(ccn3Cc3ccc(C(=O)CO)cc3)c2)CC1. The lowest BCUT2D eigenvalue weighted by Crippen LogP contribution is -2.35. The maximum absolute atomic E-state index is 11.6. The van der Waals surface area contributed by atoms with Crippen LogP contribution in [0.5, 0.6) is 0 Å². The van der Waals surface area contributed by atoms with E-state index in [-0.39, 0.29) is 5.78 Å². The number of nitrogens with zero attached hydrogens (tertiary/aromatic N) is 3. The summed E-state index contributed by atoms with van der Waals surface area (Å²) in [6, 6.07) is 11.9. The number of carbonyl (C=O) groups is 1. The predicted octanol–water partition coefficient (Wildman–Crippen LogP) is 4.10. The van der Waals surface area contributed by atoms with E-state index in [1.807, 2.05) is 12.1 Å². The van der Waals surface area contributed by atoms with Crippen molar-refractivity contribution in [3.8, 4) is 0 Å². The lowest BCUT2D eigenvalue weighted by Gasteiger charge is -2.33. The molecule has 1 aromatic carbocycles. The van der Waals surface area contributed by atoms with Gasteiger partial charge in [-0.3, -0.25) is 4.79 Å². The summed E-state index contributed by atoms with van der Waals surface area (Å²) in [4.78, 5) is 19.0. The molecule has 5 nitrogen and oxygen atoms in total. The fourth-order valence-corrected chi connectivity index (χ4v) is 4.50. The molecule has 1 saturated heterocycles. The first-order valence-corrected chi connectivity index (χ1v) is 10.9. The Kier molecular flexibility index (Phi) is 6.30. The molecule has 1 N–H and O–H groups in total. The van der Waals surface area contributed by atoms with Gasteiger partial charge in [0.1, 0.15) is 12.3 Å². The smallest absolute Gasteiger partial charge is 0.188 e. The maximum Gasteiger partial charge on any atom is 0.188 e. The number of likely N-dealkylation sites (tertiary alicyclic amines) is 1. The first-order valence-electron chi connectivity index (χ1n) is 10.9. The minimum absolute atomic E-state index is 0.253. The van der Waals surface area contributed by atoms with Crippen LogP contribution in [-0.4, -0.2) is 51.6 Å². The lowest BCUT2D eigenvalue weighted by molar-refractivity contribution is 0.0903. The number of carbonyl (C=O) groups excluding carboxylic acids is 1. The van der Waals surface area contributed by atoms with Gasteiger partial charge in [0.15, 0.2) is 5.78 Å². The van der Waals surface area contributed by atoms with Crippen LogP contribution >= 0.6 is 0 Å². The molecule has 0 bridgehead atoms. The van der Waals surface area contributed by atoms with E-state index in [1.165, 1.54) is 43.4 Å². The zero-order valence-corrected chi connectivity index (χ0v) is 17.9. The third kappa shape index (κ3) is 4.63. The van der Waals surface area contributed by atoms with Crippen LogP contribution in [0.25, 0.3) is 11.0 Å². The van der Waals surface area contributed by atoms with Gasteiger partial charge in [-0.2, -0.15) is 0 Å². The van der Waals surface area contributed by atoms with Crippen molar-refractivity contribution in [3.05, 3.63) is 65.5 Å². The second-order valence-electron chi connectivity index (χ2n) is 8.87. The van der Waals surface area contributed by atoms with Crippen LogP contribution in [0, 0.1) is 5.92 Å². The number of fused-ring (bicyclic) bond motifs is 1. The molecule has 0 atom stereocenters. The summed E-state index contributed by atoms with van der Waals surface area (Å²) in [5.41, 5.74) is 3.99. The van der Waals surface area contributed by atoms with Gasteiger partial charge in [-0.05, 0) is 61.0 Å². The molecule has 2 aromatic heterocycles. The average molecular weight is 406 g/mol. The normalized spacial score (nSPS) is 15.9. The number of ketones is 1. The molecular formula is C25H31N3O2. The highest BCUT2D eigenvalue weighted by atomic mass is 16.3. The van der Waals surface area contributed by atoms with Gasteiger partial charge in [0.2, 0.25) is 0 Å². The molecular weight excluding hydrogens is 374 g/mol. The highest BCUT2D eigenvalue weighted by molar-refractivity contribution is 5.96. The molecule has 0 saturated carbocycles. The molecule has 0 amide bonds. The lowest BCUT2D eigenvalue weighted by atomic mass is 9.90. The maximum atomic E-state index is 11.6. The number of pyridine rings is 1. The molecule has 1 aliphatic rings. The van der Waals surface area contributed by atoms with E-state index >= 15 is 0 Å². The Labute approximate surface area is 178 Å². The van der Waals surface area contributed by atoms with E-state index in [9.17, 15) is 4.79 Å². The number of Topliss-reactive ketones (excluding diaryl/α,β-unsaturated/α-hetero) is 1. The van der Waals surface area contributed by atoms with Gasteiger partial charge in [0.25, 0.3) is 0 Å². The monoisotopic (exact) mass is 405 g/mol. The van der Waals surface area contributed by atoms with Crippen molar-refractivity contribution in [2.75, 3.05) is 26.2 Å². The molecule has 5 heteroatoms. The van der Waals surface area contributed by atoms with E-state index in [4.69, 9.17) is 10.1 Å². The number of aromatic nitrogens is 2. The third-order valence-electron chi connectivity index (χ3n) is 6.08. The highest BCUT2D eigenvalue weighted by Crippen LogP contribution is 2.30. The summed E-state index contributed by atoms with van der Waals surface area (Å²) < 4.78 is 2.15. The third-order valence-corrected chi connectivity index (χ3v) is 6.08. The summed E-state index contributed by atoms with van der Waals surface area (Å²) >= 11 is 0. The number of hydrogen-bond donors (Lipinski definition) is 1. The van der Waals surface area contributed by atoms with Crippen molar-refractivity contribution >= 4 is 16.8 Å². The Morgan fingerprint density at radius 3 is 2.57 bits per heavy atom. The van der Waals surface area contributed by atoms with E-state index in [1.54, 1.807) is 12.1 Å². The van der Waals surface area contributed by atoms with Gasteiger partial charge in [-0.1, -0.05) is 38.1 Å². The zero-order chi connectivity index (χ0) is 21.1. The van der Waals surface area contributed by atoms with Crippen LogP contribution in [-0.2, 0) is 6.54 Å². The van der Waals surface area contributed by atoms with Crippen LogP contribution in [0.2, 0.25) is 0 Å². The fraction of sp³-hybridized carbons (Fsp3) is 0.440. The van der Waals surface area contributed by atoms with Crippen LogP contribution in [0.4, 0.5) is 0 Å². The van der Waals surface area contributed by atoms with Gasteiger partial charge in [0, 0.05) is 36.4 Å². The van der Waals surface area contributed by atoms with Crippen molar-refractivity contribution in [1.82, 2.24) is 14.5 Å². The van der Waals surface area contributed by atoms with Gasteiger partial charge >= 0.3 is 0 Å². The number of piperidine rings is 1. The first kappa shape index (κ1) is 20.8. The number of aliphatic hydroxyl groups is 1. The van der Waals surface area contributed by atoms with E-state index in [0.717, 1.165) is 17.1 Å². The van der Waals surface area contributed by atoms with Gasteiger partial charge in [-0.25, -0.2) is 4.98 Å². The van der Waals surface area contributed by atoms with Gasteiger partial charge < -0.3 is 14.6 Å². The molecule has 3 heterocycles. The zero-order valence-electron chi connectivity index (χ0n) is 17.9. The Morgan fingerprint density at radius 2 is 1.90 bits per heavy atom. The number of rotatable bonds is 7. The summed E-state index contributed by atoms with van der Waals surface area (Å²) in [7, 11) is 0. The van der Waals surface area contributed by atoms with Crippen molar-refractivity contribution in [2.24, 2.45) is 5.92 Å². The summed E-state index contributed by atoms with van der Waals surface area (Å²) in [6.07, 6.45) is 6.56. The molecule has 3 aromatic rings. The molecule has 30 heavy (non-hydrogen) atoms. The number of hydrogen-bond acceptors (Lipinski definition) is 4. The minimum Gasteiger partial charge on any atom is -0.388 e. The van der Waals surface area contributed by atoms with E-state index in [2.05, 4.69) is 47.8 Å². The van der Waals surface area contributed by atoms with Crippen LogP contribution in [0.1, 0.15) is 54.1 Å². The topological polar surface area (TPSA) is 58.4 Å². The van der Waals surface area contributed by atoms with Crippen molar-refractivity contribution in [3.63, 3.8) is 0 Å². The second-order valence-corrected chi connectivity index (χ2v) is 8.87. The molecule has 1 aliphatic heterocycles. The second kappa shape index (κ2) is 9.11. The molecule has 0 radical (unpaired) electrons. The van der Waals surface area contributed by atoms with Crippen LogP contribution in [0.15, 0.2) is 48.8 Å². The Morgan fingerprint density at radius 1 is 1.17 bits per heavy atom. The van der Waals surface area contributed by atoms with E-state index < -0.39 is 6.61 Å². The first-order chi connectivity index (χ1) is 14.5. The number of benzene rings is 1. The molecule has 1 fully saturated rings. The molecule has 158 valence electrons. The highest BCUT2D eigenvalue weighted by Gasteiger charge is 2.21. The molecule has 0 unspecified atom stereocenters. The Bertz CT molecular complexity index is 999. The molecule has 0 spiro atoms. The van der Waals surface area contributed by atoms with Gasteiger partial charge in [0.05, 0.1) is 0 Å². The largest absolute Gasteiger partial charge is 0.388 e. The summed E-state index contributed by atoms with van der Waals surface area (Å²) in [5, 5.41) is 10.2. The van der Waals surface area contributed by atoms with Crippen molar-refractivity contribution < 1.29 is 9.90 Å². The van der Waals surface area contributed by atoms with Crippen molar-refractivity contribution in [2.45, 2.75) is 39.2 Å². The van der Waals surface area contributed by atoms with Crippen molar-refractivity contribution in [1.29, 1.82) is 0 Å². The predicted molar refractivity (Wildman–Crippen MR) is 120 cm³/mol. The van der Waals surface area contributed by atoms with Crippen LogP contribution < -0.4 is 0 Å². The number of aliphatic hydroxyl groups excluding tert-OH is 1. The quantitative estimate of drug-likeness (QED) is 0.602. The average Bonchev–Trinajstić information content (AvgIpc) is 3.16. The van der Waals surface area contributed by atoms with E-state index in [0.29, 0.717) is 18.0 Å². The molecule has 4 rings (SSSR count). The summed E-state index contributed by atoms with van der Waals surface area (Å²) in [5.74, 6) is 1.08. The Balaban J connectivity index is 1.44. The summed E-state index contributed by atoms with van der Waals surface area (Å²) in [6.45, 7) is 8.38. The minimum atomic E-state index is -0.454. The standard InChI is InChI=1S/C25H31N3O2/c1-18(2)15-27-10-7-20(8-11-27)23-13-22-9-12-28(25(22)26-14-23)16-19-3-5-21(6-4-19)24(30)17-29/h3-6,9,12-14,18,20,29H,7-8,10-11,15-17H2,1-2H3. The van der Waals surface area contributed by atoms with Gasteiger partial charge in [-0.15, -0.1) is 0 Å². The fourth-order valence-electron chi connectivity index (χ4n) is 4.50. The van der Waals surface area contributed by atoms with Crippen LogP contribution in [0.3, 0.4) is 0 Å².